The number of nitrogens with zero attached hydrogens (tertiary/aromatic N) is 1. The minimum absolute atomic E-state index is 0.485. The van der Waals surface area contributed by atoms with E-state index in [2.05, 4.69) is 47.7 Å². The van der Waals surface area contributed by atoms with Crippen molar-refractivity contribution < 1.29 is 4.74 Å². The molecule has 1 aromatic rings. The van der Waals surface area contributed by atoms with Crippen molar-refractivity contribution in [1.82, 2.24) is 10.6 Å². The number of nitrogens with one attached hydrogen (secondary N) is 2. The molecule has 0 saturated carbocycles. The lowest BCUT2D eigenvalue weighted by Crippen LogP contribution is -2.40. The van der Waals surface area contributed by atoms with E-state index in [1.54, 1.807) is 0 Å². The van der Waals surface area contributed by atoms with Crippen LogP contribution in [0, 0.1) is 5.92 Å². The average Bonchev–Trinajstić information content (AvgIpc) is 2.50. The first-order chi connectivity index (χ1) is 10.2. The fourth-order valence-electron chi connectivity index (χ4n) is 2.55. The van der Waals surface area contributed by atoms with Crippen LogP contribution in [-0.4, -0.2) is 32.7 Å². The summed E-state index contributed by atoms with van der Waals surface area (Å²) in [5.41, 5.74) is 1.30. The van der Waals surface area contributed by atoms with Gasteiger partial charge >= 0.3 is 0 Å². The Morgan fingerprint density at radius 3 is 2.90 bits per heavy atom. The number of para-hydroxylation sites is 1. The zero-order chi connectivity index (χ0) is 15.1. The number of hydrogen-bond acceptors (Lipinski definition) is 2. The van der Waals surface area contributed by atoms with Gasteiger partial charge in [-0.15, -0.1) is 0 Å². The van der Waals surface area contributed by atoms with Crippen LogP contribution in [0.3, 0.4) is 0 Å². The summed E-state index contributed by atoms with van der Waals surface area (Å²) in [7, 11) is 1.82. The summed E-state index contributed by atoms with van der Waals surface area (Å²) >= 11 is 0. The van der Waals surface area contributed by atoms with Crippen LogP contribution in [0.25, 0.3) is 0 Å². The van der Waals surface area contributed by atoms with Gasteiger partial charge in [0.1, 0.15) is 5.75 Å². The van der Waals surface area contributed by atoms with Crippen molar-refractivity contribution in [3.05, 3.63) is 29.8 Å². The van der Waals surface area contributed by atoms with Crippen molar-refractivity contribution in [2.75, 3.05) is 26.7 Å². The van der Waals surface area contributed by atoms with E-state index in [1.807, 2.05) is 13.1 Å². The molecule has 4 heteroatoms. The van der Waals surface area contributed by atoms with E-state index in [0.717, 1.165) is 44.2 Å². The number of ether oxygens (including phenoxy) is 1. The van der Waals surface area contributed by atoms with Gasteiger partial charge in [-0.1, -0.05) is 32.0 Å². The van der Waals surface area contributed by atoms with Gasteiger partial charge in [-0.3, -0.25) is 4.99 Å². The fraction of sp³-hybridized carbons (Fsp3) is 0.588. The molecule has 0 saturated heterocycles. The van der Waals surface area contributed by atoms with Gasteiger partial charge in [-0.2, -0.15) is 0 Å². The SMILES string of the molecule is CN=C(NCCC(C)C)NCC1CCOc2ccccc21. The first-order valence-corrected chi connectivity index (χ1v) is 7.87. The molecule has 0 aromatic heterocycles. The number of guanidine groups is 1. The van der Waals surface area contributed by atoms with Gasteiger partial charge < -0.3 is 15.4 Å². The highest BCUT2D eigenvalue weighted by molar-refractivity contribution is 5.79. The van der Waals surface area contributed by atoms with Crippen molar-refractivity contribution in [2.24, 2.45) is 10.9 Å². The first-order valence-electron chi connectivity index (χ1n) is 7.87. The lowest BCUT2D eigenvalue weighted by molar-refractivity contribution is 0.267. The van der Waals surface area contributed by atoms with E-state index in [-0.39, 0.29) is 0 Å². The number of fused-ring (bicyclic) bond motifs is 1. The van der Waals surface area contributed by atoms with Crippen LogP contribution in [0.5, 0.6) is 5.75 Å². The predicted molar refractivity (Wildman–Crippen MR) is 88.1 cm³/mol. The Labute approximate surface area is 128 Å². The highest BCUT2D eigenvalue weighted by Crippen LogP contribution is 2.32. The summed E-state index contributed by atoms with van der Waals surface area (Å²) < 4.78 is 5.70. The van der Waals surface area contributed by atoms with Crippen LogP contribution in [0.4, 0.5) is 0 Å². The Morgan fingerprint density at radius 1 is 1.33 bits per heavy atom. The maximum Gasteiger partial charge on any atom is 0.190 e. The highest BCUT2D eigenvalue weighted by atomic mass is 16.5. The number of benzene rings is 1. The summed E-state index contributed by atoms with van der Waals surface area (Å²) in [6.45, 7) is 7.11. The van der Waals surface area contributed by atoms with Crippen LogP contribution in [0.2, 0.25) is 0 Å². The van der Waals surface area contributed by atoms with E-state index in [1.165, 1.54) is 5.56 Å². The van der Waals surface area contributed by atoms with Crippen molar-refractivity contribution in [3.8, 4) is 5.75 Å². The van der Waals surface area contributed by atoms with Crippen LogP contribution >= 0.6 is 0 Å². The third kappa shape index (κ3) is 4.66. The van der Waals surface area contributed by atoms with Crippen molar-refractivity contribution in [2.45, 2.75) is 32.6 Å². The largest absolute Gasteiger partial charge is 0.493 e. The van der Waals surface area contributed by atoms with Gasteiger partial charge in [0.05, 0.1) is 6.61 Å². The molecule has 21 heavy (non-hydrogen) atoms. The monoisotopic (exact) mass is 289 g/mol. The van der Waals surface area contributed by atoms with Crippen LogP contribution < -0.4 is 15.4 Å². The van der Waals surface area contributed by atoms with E-state index < -0.39 is 0 Å². The third-order valence-electron chi connectivity index (χ3n) is 3.84. The van der Waals surface area contributed by atoms with Crippen LogP contribution in [-0.2, 0) is 0 Å². The second-order valence-electron chi connectivity index (χ2n) is 5.93. The summed E-state index contributed by atoms with van der Waals surface area (Å²) in [4.78, 5) is 4.29. The molecule has 2 rings (SSSR count). The summed E-state index contributed by atoms with van der Waals surface area (Å²) in [5, 5.41) is 6.81. The standard InChI is InChI=1S/C17H27N3O/c1-13(2)8-10-19-17(18-3)20-12-14-9-11-21-16-7-5-4-6-15(14)16/h4-7,13-14H,8-12H2,1-3H3,(H2,18,19,20). The third-order valence-corrected chi connectivity index (χ3v) is 3.84. The van der Waals surface area contributed by atoms with E-state index in [4.69, 9.17) is 4.74 Å². The molecule has 116 valence electrons. The molecule has 0 bridgehead atoms. The fourth-order valence-corrected chi connectivity index (χ4v) is 2.55. The smallest absolute Gasteiger partial charge is 0.190 e. The average molecular weight is 289 g/mol. The Bertz CT molecular complexity index is 471. The minimum Gasteiger partial charge on any atom is -0.493 e. The highest BCUT2D eigenvalue weighted by Gasteiger charge is 2.20. The Kier molecular flexibility index (Phi) is 5.90. The molecule has 1 atom stereocenters. The molecular weight excluding hydrogens is 262 g/mol. The van der Waals surface area contributed by atoms with Crippen molar-refractivity contribution in [3.63, 3.8) is 0 Å². The van der Waals surface area contributed by atoms with Crippen molar-refractivity contribution in [1.29, 1.82) is 0 Å². The molecule has 4 nitrogen and oxygen atoms in total. The topological polar surface area (TPSA) is 45.7 Å². The molecule has 2 N–H and O–H groups in total. The molecule has 1 aliphatic rings. The lowest BCUT2D eigenvalue weighted by Gasteiger charge is -2.26. The molecular formula is C17H27N3O. The molecule has 0 fully saturated rings. The second kappa shape index (κ2) is 7.91. The second-order valence-corrected chi connectivity index (χ2v) is 5.93. The van der Waals surface area contributed by atoms with Gasteiger partial charge in [-0.05, 0) is 30.4 Å². The van der Waals surface area contributed by atoms with Gasteiger partial charge in [0.25, 0.3) is 0 Å². The summed E-state index contributed by atoms with van der Waals surface area (Å²) in [5.74, 6) is 3.11. The number of rotatable bonds is 5. The molecule has 0 amide bonds. The van der Waals surface area contributed by atoms with Crippen LogP contribution in [0.1, 0.15) is 38.2 Å². The Hall–Kier alpha value is -1.71. The molecule has 1 aromatic carbocycles. The van der Waals surface area contributed by atoms with E-state index >= 15 is 0 Å². The molecule has 1 unspecified atom stereocenters. The summed E-state index contributed by atoms with van der Waals surface area (Å²) in [6, 6.07) is 8.32. The molecule has 0 aliphatic carbocycles. The molecule has 0 spiro atoms. The zero-order valence-corrected chi connectivity index (χ0v) is 13.4. The summed E-state index contributed by atoms with van der Waals surface area (Å²) in [6.07, 6.45) is 2.20. The maximum absolute atomic E-state index is 5.70. The first kappa shape index (κ1) is 15.7. The van der Waals surface area contributed by atoms with Gasteiger partial charge in [0, 0.05) is 26.1 Å². The van der Waals surface area contributed by atoms with Gasteiger partial charge in [0.2, 0.25) is 0 Å². The Morgan fingerprint density at radius 2 is 2.14 bits per heavy atom. The molecule has 1 heterocycles. The van der Waals surface area contributed by atoms with Crippen molar-refractivity contribution >= 4 is 5.96 Å². The Balaban J connectivity index is 1.85. The van der Waals surface area contributed by atoms with Crippen LogP contribution in [0.15, 0.2) is 29.3 Å². The van der Waals surface area contributed by atoms with E-state index in [0.29, 0.717) is 11.8 Å². The predicted octanol–water partition coefficient (Wildman–Crippen LogP) is 2.76. The normalized spacial score (nSPS) is 18.1. The minimum atomic E-state index is 0.485. The quantitative estimate of drug-likeness (QED) is 0.647. The van der Waals surface area contributed by atoms with Gasteiger partial charge in [0.15, 0.2) is 5.96 Å². The number of aliphatic imine (C=N–C) groups is 1. The molecule has 0 radical (unpaired) electrons. The lowest BCUT2D eigenvalue weighted by atomic mass is 9.93. The zero-order valence-electron chi connectivity index (χ0n) is 13.4. The van der Waals surface area contributed by atoms with Gasteiger partial charge in [-0.25, -0.2) is 0 Å². The number of hydrogen-bond donors (Lipinski definition) is 2. The van der Waals surface area contributed by atoms with E-state index in [9.17, 15) is 0 Å². The maximum atomic E-state index is 5.70. The molecule has 1 aliphatic heterocycles.